The van der Waals surface area contributed by atoms with Gasteiger partial charge in [0.05, 0.1) is 10.0 Å². The molecule has 1 aliphatic carbocycles. The van der Waals surface area contributed by atoms with Gasteiger partial charge in [0.15, 0.2) is 0 Å². The summed E-state index contributed by atoms with van der Waals surface area (Å²) >= 11 is 17.8. The van der Waals surface area contributed by atoms with Gasteiger partial charge in [-0.05, 0) is 42.9 Å². The fourth-order valence-corrected chi connectivity index (χ4v) is 3.42. The molecule has 110 valence electrons. The Balaban J connectivity index is 1.92. The maximum atomic E-state index is 12.1. The molecule has 1 saturated carbocycles. The third kappa shape index (κ3) is 4.03. The van der Waals surface area contributed by atoms with E-state index in [-0.39, 0.29) is 5.91 Å². The first kappa shape index (κ1) is 15.9. The molecule has 2 rings (SSSR count). The highest BCUT2D eigenvalue weighted by atomic mass is 35.5. The van der Waals surface area contributed by atoms with Crippen LogP contribution in [0.2, 0.25) is 10.0 Å². The lowest BCUT2D eigenvalue weighted by Crippen LogP contribution is -2.34. The van der Waals surface area contributed by atoms with Gasteiger partial charge < -0.3 is 5.32 Å². The average Bonchev–Trinajstić information content (AvgIpc) is 2.47. The molecule has 1 amide bonds. The Morgan fingerprint density at radius 2 is 1.85 bits per heavy atom. The molecule has 0 spiro atoms. The molecule has 0 aliphatic heterocycles. The van der Waals surface area contributed by atoms with E-state index in [9.17, 15) is 4.79 Å². The van der Waals surface area contributed by atoms with Crippen LogP contribution >= 0.6 is 34.8 Å². The lowest BCUT2D eigenvalue weighted by atomic mass is 9.80. The van der Waals surface area contributed by atoms with Gasteiger partial charge in [0.2, 0.25) is 0 Å². The van der Waals surface area contributed by atoms with Crippen LogP contribution in [0.3, 0.4) is 0 Å². The Morgan fingerprint density at radius 1 is 1.15 bits per heavy atom. The lowest BCUT2D eigenvalue weighted by Gasteiger charge is -2.30. The molecule has 0 aromatic heterocycles. The fraction of sp³-hybridized carbons (Fsp3) is 0.533. The van der Waals surface area contributed by atoms with Gasteiger partial charge >= 0.3 is 0 Å². The number of benzene rings is 1. The van der Waals surface area contributed by atoms with Crippen LogP contribution in [0.25, 0.3) is 0 Å². The molecule has 2 unspecified atom stereocenters. The number of hydrogen-bond donors (Lipinski definition) is 1. The maximum Gasteiger partial charge on any atom is 0.251 e. The van der Waals surface area contributed by atoms with E-state index in [1.165, 1.54) is 12.8 Å². The van der Waals surface area contributed by atoms with Crippen molar-refractivity contribution in [3.8, 4) is 0 Å². The number of halogens is 3. The Hall–Kier alpha value is -0.440. The van der Waals surface area contributed by atoms with E-state index in [4.69, 9.17) is 34.8 Å². The zero-order valence-electron chi connectivity index (χ0n) is 11.2. The topological polar surface area (TPSA) is 29.1 Å². The first-order valence-electron chi connectivity index (χ1n) is 6.91. The first-order chi connectivity index (χ1) is 9.61. The summed E-state index contributed by atoms with van der Waals surface area (Å²) in [5, 5.41) is 3.84. The summed E-state index contributed by atoms with van der Waals surface area (Å²) < 4.78 is 0. The van der Waals surface area contributed by atoms with Crippen molar-refractivity contribution < 1.29 is 4.79 Å². The van der Waals surface area contributed by atoms with Crippen molar-refractivity contribution in [2.45, 2.75) is 25.7 Å². The second-order valence-electron chi connectivity index (χ2n) is 5.30. The Kier molecular flexibility index (Phi) is 6.01. The molecule has 0 saturated heterocycles. The van der Waals surface area contributed by atoms with E-state index in [2.05, 4.69) is 5.32 Å². The lowest BCUT2D eigenvalue weighted by molar-refractivity contribution is 0.0936. The molecule has 1 aromatic carbocycles. The number of rotatable bonds is 4. The maximum absolute atomic E-state index is 12.1. The highest BCUT2D eigenvalue weighted by Crippen LogP contribution is 2.30. The Bertz CT molecular complexity index is 478. The summed E-state index contributed by atoms with van der Waals surface area (Å²) in [5.74, 6) is 1.56. The van der Waals surface area contributed by atoms with Crippen molar-refractivity contribution >= 4 is 40.7 Å². The SMILES string of the molecule is O=C(NCC1CCCCC1CCl)c1ccc(Cl)c(Cl)c1. The van der Waals surface area contributed by atoms with E-state index < -0.39 is 0 Å². The highest BCUT2D eigenvalue weighted by molar-refractivity contribution is 6.42. The van der Waals surface area contributed by atoms with Gasteiger partial charge in [-0.1, -0.05) is 36.0 Å². The largest absolute Gasteiger partial charge is 0.352 e. The molecule has 1 aromatic rings. The van der Waals surface area contributed by atoms with Gasteiger partial charge in [0, 0.05) is 18.0 Å². The van der Waals surface area contributed by atoms with Gasteiger partial charge in [-0.3, -0.25) is 4.79 Å². The number of hydrogen-bond acceptors (Lipinski definition) is 1. The van der Waals surface area contributed by atoms with Crippen LogP contribution in [0.4, 0.5) is 0 Å². The van der Waals surface area contributed by atoms with Crippen molar-refractivity contribution in [3.63, 3.8) is 0 Å². The predicted octanol–water partition coefficient (Wildman–Crippen LogP) is 4.77. The second kappa shape index (κ2) is 7.53. The number of carbonyl (C=O) groups excluding carboxylic acids is 1. The number of nitrogens with one attached hydrogen (secondary N) is 1. The molecule has 2 atom stereocenters. The minimum absolute atomic E-state index is 0.109. The summed E-state index contributed by atoms with van der Waals surface area (Å²) in [6.45, 7) is 0.677. The molecule has 1 fully saturated rings. The third-order valence-corrected chi connectivity index (χ3v) is 5.11. The zero-order chi connectivity index (χ0) is 14.5. The van der Waals surface area contributed by atoms with Crippen molar-refractivity contribution in [2.24, 2.45) is 11.8 Å². The zero-order valence-corrected chi connectivity index (χ0v) is 13.4. The average molecular weight is 335 g/mol. The fourth-order valence-electron chi connectivity index (χ4n) is 2.72. The van der Waals surface area contributed by atoms with Crippen molar-refractivity contribution in [1.29, 1.82) is 0 Å². The summed E-state index contributed by atoms with van der Waals surface area (Å²) in [6, 6.07) is 4.92. The van der Waals surface area contributed by atoms with Gasteiger partial charge in [-0.25, -0.2) is 0 Å². The van der Waals surface area contributed by atoms with Crippen LogP contribution in [0, 0.1) is 11.8 Å². The molecular weight excluding hydrogens is 317 g/mol. The summed E-state index contributed by atoms with van der Waals surface area (Å²) in [4.78, 5) is 12.1. The van der Waals surface area contributed by atoms with Crippen molar-refractivity contribution in [2.75, 3.05) is 12.4 Å². The van der Waals surface area contributed by atoms with Gasteiger partial charge in [0.25, 0.3) is 5.91 Å². The predicted molar refractivity (Wildman–Crippen MR) is 85.0 cm³/mol. The van der Waals surface area contributed by atoms with Crippen molar-refractivity contribution in [3.05, 3.63) is 33.8 Å². The van der Waals surface area contributed by atoms with E-state index in [0.717, 1.165) is 12.8 Å². The molecule has 0 bridgehead atoms. The Morgan fingerprint density at radius 3 is 2.50 bits per heavy atom. The minimum atomic E-state index is -0.109. The third-order valence-electron chi connectivity index (χ3n) is 3.97. The van der Waals surface area contributed by atoms with Crippen LogP contribution in [-0.4, -0.2) is 18.3 Å². The van der Waals surface area contributed by atoms with E-state index in [1.807, 2.05) is 0 Å². The van der Waals surface area contributed by atoms with Crippen LogP contribution in [-0.2, 0) is 0 Å². The highest BCUT2D eigenvalue weighted by Gasteiger charge is 2.24. The number of carbonyl (C=O) groups is 1. The normalized spacial score (nSPS) is 22.6. The van der Waals surface area contributed by atoms with Crippen LogP contribution < -0.4 is 5.32 Å². The van der Waals surface area contributed by atoms with Crippen LogP contribution in [0.15, 0.2) is 18.2 Å². The number of amides is 1. The van der Waals surface area contributed by atoms with Gasteiger partial charge in [-0.2, -0.15) is 0 Å². The van der Waals surface area contributed by atoms with Crippen LogP contribution in [0.1, 0.15) is 36.0 Å². The molecule has 0 radical (unpaired) electrons. The molecular formula is C15H18Cl3NO. The monoisotopic (exact) mass is 333 g/mol. The van der Waals surface area contributed by atoms with E-state index in [0.29, 0.717) is 39.9 Å². The van der Waals surface area contributed by atoms with Crippen molar-refractivity contribution in [1.82, 2.24) is 5.32 Å². The summed E-state index contributed by atoms with van der Waals surface area (Å²) in [6.07, 6.45) is 4.77. The van der Waals surface area contributed by atoms with Gasteiger partial charge in [0.1, 0.15) is 0 Å². The van der Waals surface area contributed by atoms with E-state index in [1.54, 1.807) is 18.2 Å². The molecule has 2 nitrogen and oxygen atoms in total. The van der Waals surface area contributed by atoms with Crippen LogP contribution in [0.5, 0.6) is 0 Å². The summed E-state index contributed by atoms with van der Waals surface area (Å²) in [5.41, 5.74) is 0.539. The molecule has 20 heavy (non-hydrogen) atoms. The van der Waals surface area contributed by atoms with E-state index >= 15 is 0 Å². The summed E-state index contributed by atoms with van der Waals surface area (Å²) in [7, 11) is 0. The van der Waals surface area contributed by atoms with Gasteiger partial charge in [-0.15, -0.1) is 11.6 Å². The first-order valence-corrected chi connectivity index (χ1v) is 8.20. The standard InChI is InChI=1S/C15H18Cl3NO/c16-8-11-3-1-2-4-12(11)9-19-15(20)10-5-6-13(17)14(18)7-10/h5-7,11-12H,1-4,8-9H2,(H,19,20). The smallest absolute Gasteiger partial charge is 0.251 e. The molecule has 0 heterocycles. The number of alkyl halides is 1. The minimum Gasteiger partial charge on any atom is -0.352 e. The quantitative estimate of drug-likeness (QED) is 0.790. The molecule has 1 N–H and O–H groups in total. The molecule has 1 aliphatic rings. The Labute approximate surface area is 134 Å². The molecule has 5 heteroatoms. The second-order valence-corrected chi connectivity index (χ2v) is 6.42.